The number of aryl methyl sites for hydroxylation is 1. The van der Waals surface area contributed by atoms with E-state index in [1.165, 1.54) is 0 Å². The van der Waals surface area contributed by atoms with Crippen molar-refractivity contribution in [3.05, 3.63) is 17.6 Å². The molecular weight excluding hydrogens is 358 g/mol. The minimum atomic E-state index is -0.279. The van der Waals surface area contributed by atoms with Gasteiger partial charge in [0.25, 0.3) is 5.91 Å². The molecule has 2 aliphatic heterocycles. The van der Waals surface area contributed by atoms with Gasteiger partial charge in [-0.05, 0) is 45.4 Å². The Morgan fingerprint density at radius 2 is 1.82 bits per heavy atom. The molecule has 2 amide bonds. The summed E-state index contributed by atoms with van der Waals surface area (Å²) in [7, 11) is 0. The summed E-state index contributed by atoms with van der Waals surface area (Å²) in [6.07, 6.45) is 3.43. The number of hydrogen-bond acceptors (Lipinski definition) is 6. The molecule has 0 bridgehead atoms. The number of carbonyl (C=O) groups excluding carboxylic acids is 2. The first kappa shape index (κ1) is 20.4. The van der Waals surface area contributed by atoms with Gasteiger partial charge in [-0.1, -0.05) is 6.92 Å². The van der Waals surface area contributed by atoms with Crippen LogP contribution in [0.3, 0.4) is 0 Å². The molecule has 2 aliphatic rings. The van der Waals surface area contributed by atoms with Crippen LogP contribution in [0.25, 0.3) is 0 Å². The number of ether oxygens (including phenoxy) is 1. The molecule has 0 spiro atoms. The van der Waals surface area contributed by atoms with Crippen LogP contribution >= 0.6 is 0 Å². The standard InChI is InChI=1S/C20H31N5O3/c1-4-28-20(27)25-11-7-16(8-12-25)23-19(26)17-13-18(22-15(3)21-17)24-9-5-14(2)6-10-24/h13-14,16H,4-12H2,1-3H3,(H,23,26). The molecule has 2 saturated heterocycles. The van der Waals surface area contributed by atoms with Crippen LogP contribution in [0, 0.1) is 12.8 Å². The first-order valence-electron chi connectivity index (χ1n) is 10.3. The molecule has 0 unspecified atom stereocenters. The second-order valence-electron chi connectivity index (χ2n) is 7.76. The van der Waals surface area contributed by atoms with Gasteiger partial charge in [0.2, 0.25) is 0 Å². The average Bonchev–Trinajstić information content (AvgIpc) is 2.69. The number of anilines is 1. The molecular formula is C20H31N5O3. The smallest absolute Gasteiger partial charge is 0.409 e. The Balaban J connectivity index is 1.58. The lowest BCUT2D eigenvalue weighted by Gasteiger charge is -2.32. The SMILES string of the molecule is CCOC(=O)N1CCC(NC(=O)c2cc(N3CCC(C)CC3)nc(C)n2)CC1. The van der Waals surface area contributed by atoms with E-state index in [1.54, 1.807) is 17.9 Å². The number of carbonyl (C=O) groups is 2. The Kier molecular flexibility index (Phi) is 6.70. The molecule has 28 heavy (non-hydrogen) atoms. The first-order valence-corrected chi connectivity index (χ1v) is 10.3. The maximum atomic E-state index is 12.7. The lowest BCUT2D eigenvalue weighted by molar-refractivity contribution is 0.0856. The summed E-state index contributed by atoms with van der Waals surface area (Å²) >= 11 is 0. The zero-order valence-electron chi connectivity index (χ0n) is 17.1. The highest BCUT2D eigenvalue weighted by molar-refractivity contribution is 5.93. The predicted octanol–water partition coefficient (Wildman–Crippen LogP) is 2.37. The quantitative estimate of drug-likeness (QED) is 0.851. The van der Waals surface area contributed by atoms with Crippen LogP contribution in [0.2, 0.25) is 0 Å². The molecule has 154 valence electrons. The fourth-order valence-electron chi connectivity index (χ4n) is 3.75. The van der Waals surface area contributed by atoms with Crippen molar-refractivity contribution in [2.24, 2.45) is 5.92 Å². The van der Waals surface area contributed by atoms with E-state index in [-0.39, 0.29) is 18.0 Å². The van der Waals surface area contributed by atoms with Gasteiger partial charge in [-0.2, -0.15) is 0 Å². The number of rotatable bonds is 4. The number of nitrogens with one attached hydrogen (secondary N) is 1. The van der Waals surface area contributed by atoms with Crippen LogP contribution in [0.15, 0.2) is 6.07 Å². The molecule has 1 aromatic heterocycles. The predicted molar refractivity (Wildman–Crippen MR) is 106 cm³/mol. The Bertz CT molecular complexity index is 695. The van der Waals surface area contributed by atoms with Gasteiger partial charge in [-0.25, -0.2) is 14.8 Å². The van der Waals surface area contributed by atoms with E-state index in [0.717, 1.165) is 37.7 Å². The van der Waals surface area contributed by atoms with E-state index in [2.05, 4.69) is 27.1 Å². The van der Waals surface area contributed by atoms with Crippen LogP contribution in [-0.2, 0) is 4.74 Å². The van der Waals surface area contributed by atoms with Crippen molar-refractivity contribution in [3.63, 3.8) is 0 Å². The lowest BCUT2D eigenvalue weighted by atomic mass is 9.99. The number of piperidine rings is 2. The molecule has 0 aromatic carbocycles. The van der Waals surface area contributed by atoms with E-state index in [4.69, 9.17) is 4.74 Å². The van der Waals surface area contributed by atoms with Crippen molar-refractivity contribution >= 4 is 17.8 Å². The zero-order valence-corrected chi connectivity index (χ0v) is 17.1. The number of aromatic nitrogens is 2. The highest BCUT2D eigenvalue weighted by atomic mass is 16.6. The normalized spacial score (nSPS) is 18.8. The van der Waals surface area contributed by atoms with Crippen LogP contribution < -0.4 is 10.2 Å². The van der Waals surface area contributed by atoms with Crippen LogP contribution in [0.1, 0.15) is 55.8 Å². The van der Waals surface area contributed by atoms with Crippen LogP contribution in [-0.4, -0.2) is 65.7 Å². The number of likely N-dealkylation sites (tertiary alicyclic amines) is 1. The summed E-state index contributed by atoms with van der Waals surface area (Å²) < 4.78 is 5.04. The van der Waals surface area contributed by atoms with Crippen LogP contribution in [0.5, 0.6) is 0 Å². The van der Waals surface area contributed by atoms with Crippen molar-refractivity contribution in [1.29, 1.82) is 0 Å². The van der Waals surface area contributed by atoms with Crippen molar-refractivity contribution in [1.82, 2.24) is 20.2 Å². The second-order valence-corrected chi connectivity index (χ2v) is 7.76. The van der Waals surface area contributed by atoms with E-state index in [9.17, 15) is 9.59 Å². The van der Waals surface area contributed by atoms with Gasteiger partial charge in [-0.3, -0.25) is 4.79 Å². The van der Waals surface area contributed by atoms with Gasteiger partial charge < -0.3 is 19.9 Å². The summed E-state index contributed by atoms with van der Waals surface area (Å²) in [5.74, 6) is 2.01. The number of nitrogens with zero attached hydrogens (tertiary/aromatic N) is 4. The van der Waals surface area contributed by atoms with Crippen molar-refractivity contribution in [2.45, 2.75) is 52.5 Å². The van der Waals surface area contributed by atoms with Gasteiger partial charge in [-0.15, -0.1) is 0 Å². The molecule has 3 rings (SSSR count). The third-order valence-electron chi connectivity index (χ3n) is 5.52. The largest absolute Gasteiger partial charge is 0.450 e. The molecule has 3 heterocycles. The molecule has 2 fully saturated rings. The molecule has 0 radical (unpaired) electrons. The maximum Gasteiger partial charge on any atom is 0.409 e. The molecule has 1 aromatic rings. The Morgan fingerprint density at radius 3 is 2.46 bits per heavy atom. The number of amides is 2. The Morgan fingerprint density at radius 1 is 1.14 bits per heavy atom. The van der Waals surface area contributed by atoms with Crippen LogP contribution in [0.4, 0.5) is 10.6 Å². The van der Waals surface area contributed by atoms with E-state index < -0.39 is 0 Å². The Hall–Kier alpha value is -2.38. The molecule has 8 nitrogen and oxygen atoms in total. The van der Waals surface area contributed by atoms with Gasteiger partial charge in [0.1, 0.15) is 17.3 Å². The molecule has 1 N–H and O–H groups in total. The first-order chi connectivity index (χ1) is 13.5. The summed E-state index contributed by atoms with van der Waals surface area (Å²) in [6, 6.07) is 1.83. The molecule has 8 heteroatoms. The van der Waals surface area contributed by atoms with Crippen molar-refractivity contribution < 1.29 is 14.3 Å². The zero-order chi connectivity index (χ0) is 20.1. The fraction of sp³-hybridized carbons (Fsp3) is 0.700. The summed E-state index contributed by atoms with van der Waals surface area (Å²) in [4.78, 5) is 37.3. The van der Waals surface area contributed by atoms with Gasteiger partial charge in [0.05, 0.1) is 6.61 Å². The topological polar surface area (TPSA) is 87.7 Å². The highest BCUT2D eigenvalue weighted by Crippen LogP contribution is 2.22. The molecule has 0 atom stereocenters. The highest BCUT2D eigenvalue weighted by Gasteiger charge is 2.26. The Labute approximate surface area is 166 Å². The third kappa shape index (κ3) is 5.11. The van der Waals surface area contributed by atoms with Crippen molar-refractivity contribution in [3.8, 4) is 0 Å². The minimum absolute atomic E-state index is 0.0349. The van der Waals surface area contributed by atoms with Gasteiger partial charge in [0, 0.05) is 38.3 Å². The summed E-state index contributed by atoms with van der Waals surface area (Å²) in [5.41, 5.74) is 0.411. The minimum Gasteiger partial charge on any atom is -0.450 e. The van der Waals surface area contributed by atoms with E-state index in [1.807, 2.05) is 6.92 Å². The second kappa shape index (κ2) is 9.21. The van der Waals surface area contributed by atoms with Gasteiger partial charge >= 0.3 is 6.09 Å². The lowest BCUT2D eigenvalue weighted by Crippen LogP contribution is -2.46. The summed E-state index contributed by atoms with van der Waals surface area (Å²) in [5, 5.41) is 3.06. The van der Waals surface area contributed by atoms with E-state index >= 15 is 0 Å². The van der Waals surface area contributed by atoms with E-state index in [0.29, 0.717) is 44.1 Å². The maximum absolute atomic E-state index is 12.7. The average molecular weight is 390 g/mol. The third-order valence-corrected chi connectivity index (χ3v) is 5.52. The summed E-state index contributed by atoms with van der Waals surface area (Å²) in [6.45, 7) is 9.37. The number of hydrogen-bond donors (Lipinski definition) is 1. The molecule has 0 saturated carbocycles. The van der Waals surface area contributed by atoms with Gasteiger partial charge in [0.15, 0.2) is 0 Å². The fourth-order valence-corrected chi connectivity index (χ4v) is 3.75. The monoisotopic (exact) mass is 389 g/mol. The molecule has 0 aliphatic carbocycles. The van der Waals surface area contributed by atoms with Crippen molar-refractivity contribution in [2.75, 3.05) is 37.7 Å².